The molecule has 4 heteroatoms. The molecule has 0 atom stereocenters. The molecule has 0 bridgehead atoms. The van der Waals surface area contributed by atoms with Gasteiger partial charge in [-0.1, -0.05) is 30.3 Å². The van der Waals surface area contributed by atoms with Gasteiger partial charge in [0.05, 0.1) is 13.2 Å². The zero-order valence-electron chi connectivity index (χ0n) is 12.7. The first-order valence-electron chi connectivity index (χ1n) is 7.41. The number of benzene rings is 2. The Morgan fingerprint density at radius 1 is 1.09 bits per heavy atom. The number of hydrogen-bond acceptors (Lipinski definition) is 3. The first kappa shape index (κ1) is 16.0. The minimum atomic E-state index is -0.0963. The third-order valence-electron chi connectivity index (χ3n) is 3.29. The smallest absolute Gasteiger partial charge is 0.254 e. The Kier molecular flexibility index (Phi) is 5.98. The predicted octanol–water partition coefficient (Wildman–Crippen LogP) is 2.72. The standard InChI is InChI=1S/C18H21NO3/c1-2-22-17-10-8-16(9-11-17)18(21)19(12-13-20)14-15-6-4-3-5-7-15/h3-11,20H,2,12-14H2,1H3. The number of aliphatic hydroxyl groups excluding tert-OH is 1. The summed E-state index contributed by atoms with van der Waals surface area (Å²) >= 11 is 0. The summed E-state index contributed by atoms with van der Waals surface area (Å²) in [6.45, 7) is 3.24. The monoisotopic (exact) mass is 299 g/mol. The van der Waals surface area contributed by atoms with Gasteiger partial charge in [-0.05, 0) is 36.8 Å². The van der Waals surface area contributed by atoms with Crippen molar-refractivity contribution in [2.24, 2.45) is 0 Å². The molecule has 2 rings (SSSR count). The quantitative estimate of drug-likeness (QED) is 0.855. The van der Waals surface area contributed by atoms with E-state index in [4.69, 9.17) is 4.74 Å². The highest BCUT2D eigenvalue weighted by Crippen LogP contribution is 2.15. The highest BCUT2D eigenvalue weighted by Gasteiger charge is 2.15. The summed E-state index contributed by atoms with van der Waals surface area (Å²) in [4.78, 5) is 14.2. The topological polar surface area (TPSA) is 49.8 Å². The van der Waals surface area contributed by atoms with E-state index in [0.29, 0.717) is 25.3 Å². The van der Waals surface area contributed by atoms with Crippen LogP contribution in [0.3, 0.4) is 0 Å². The molecule has 22 heavy (non-hydrogen) atoms. The van der Waals surface area contributed by atoms with Crippen LogP contribution in [0.4, 0.5) is 0 Å². The van der Waals surface area contributed by atoms with Crippen molar-refractivity contribution < 1.29 is 14.6 Å². The van der Waals surface area contributed by atoms with Gasteiger partial charge in [-0.3, -0.25) is 4.79 Å². The maximum atomic E-state index is 12.6. The largest absolute Gasteiger partial charge is 0.494 e. The average molecular weight is 299 g/mol. The molecular formula is C18H21NO3. The van der Waals surface area contributed by atoms with Crippen molar-refractivity contribution >= 4 is 5.91 Å². The highest BCUT2D eigenvalue weighted by atomic mass is 16.5. The molecule has 0 fully saturated rings. The second kappa shape index (κ2) is 8.20. The minimum absolute atomic E-state index is 0.0599. The SMILES string of the molecule is CCOc1ccc(C(=O)N(CCO)Cc2ccccc2)cc1. The Morgan fingerprint density at radius 3 is 2.36 bits per heavy atom. The molecule has 0 saturated heterocycles. The third kappa shape index (κ3) is 4.33. The molecule has 0 radical (unpaired) electrons. The van der Waals surface area contributed by atoms with Crippen LogP contribution in [0.2, 0.25) is 0 Å². The van der Waals surface area contributed by atoms with Crippen molar-refractivity contribution in [3.8, 4) is 5.75 Å². The molecule has 2 aromatic rings. The Morgan fingerprint density at radius 2 is 1.77 bits per heavy atom. The lowest BCUT2D eigenvalue weighted by Crippen LogP contribution is -2.33. The second-order valence-electron chi connectivity index (χ2n) is 4.89. The van der Waals surface area contributed by atoms with Crippen LogP contribution in [0.1, 0.15) is 22.8 Å². The molecular weight excluding hydrogens is 278 g/mol. The van der Waals surface area contributed by atoms with Crippen molar-refractivity contribution in [1.29, 1.82) is 0 Å². The van der Waals surface area contributed by atoms with Crippen LogP contribution in [0.25, 0.3) is 0 Å². The van der Waals surface area contributed by atoms with Crippen LogP contribution in [0.15, 0.2) is 54.6 Å². The highest BCUT2D eigenvalue weighted by molar-refractivity contribution is 5.94. The molecule has 0 saturated carbocycles. The van der Waals surface area contributed by atoms with Gasteiger partial charge in [0, 0.05) is 18.7 Å². The Labute approximate surface area is 131 Å². The summed E-state index contributed by atoms with van der Waals surface area (Å²) < 4.78 is 5.38. The van der Waals surface area contributed by atoms with Crippen LogP contribution >= 0.6 is 0 Å². The van der Waals surface area contributed by atoms with E-state index in [-0.39, 0.29) is 12.5 Å². The summed E-state index contributed by atoms with van der Waals surface area (Å²) in [6.07, 6.45) is 0. The number of carbonyl (C=O) groups excluding carboxylic acids is 1. The predicted molar refractivity (Wildman–Crippen MR) is 85.9 cm³/mol. The van der Waals surface area contributed by atoms with E-state index < -0.39 is 0 Å². The van der Waals surface area contributed by atoms with Gasteiger partial charge >= 0.3 is 0 Å². The molecule has 0 aliphatic carbocycles. The van der Waals surface area contributed by atoms with E-state index in [0.717, 1.165) is 11.3 Å². The van der Waals surface area contributed by atoms with E-state index in [1.54, 1.807) is 29.2 Å². The summed E-state index contributed by atoms with van der Waals surface area (Å²) in [7, 11) is 0. The van der Waals surface area contributed by atoms with Crippen LogP contribution in [0, 0.1) is 0 Å². The Bertz CT molecular complexity index is 581. The lowest BCUT2D eigenvalue weighted by Gasteiger charge is -2.22. The van der Waals surface area contributed by atoms with Gasteiger partial charge in [0.15, 0.2) is 0 Å². The number of carbonyl (C=O) groups is 1. The minimum Gasteiger partial charge on any atom is -0.494 e. The zero-order chi connectivity index (χ0) is 15.8. The van der Waals surface area contributed by atoms with Gasteiger partial charge in [-0.15, -0.1) is 0 Å². The molecule has 0 aliphatic rings. The number of ether oxygens (including phenoxy) is 1. The number of hydrogen-bond donors (Lipinski definition) is 1. The lowest BCUT2D eigenvalue weighted by molar-refractivity contribution is 0.0708. The lowest BCUT2D eigenvalue weighted by atomic mass is 10.1. The fourth-order valence-corrected chi connectivity index (χ4v) is 2.22. The molecule has 0 aromatic heterocycles. The van der Waals surface area contributed by atoms with Crippen molar-refractivity contribution in [1.82, 2.24) is 4.90 Å². The fraction of sp³-hybridized carbons (Fsp3) is 0.278. The van der Waals surface area contributed by atoms with Crippen LogP contribution in [-0.4, -0.2) is 35.7 Å². The van der Waals surface area contributed by atoms with Crippen molar-refractivity contribution in [2.45, 2.75) is 13.5 Å². The first-order chi connectivity index (χ1) is 10.7. The van der Waals surface area contributed by atoms with Gasteiger partial charge in [0.25, 0.3) is 5.91 Å². The molecule has 0 unspecified atom stereocenters. The molecule has 1 amide bonds. The maximum Gasteiger partial charge on any atom is 0.254 e. The van der Waals surface area contributed by atoms with E-state index in [9.17, 15) is 9.90 Å². The Balaban J connectivity index is 2.11. The summed E-state index contributed by atoms with van der Waals surface area (Å²) in [6, 6.07) is 16.8. The van der Waals surface area contributed by atoms with Crippen molar-refractivity contribution in [2.75, 3.05) is 19.8 Å². The van der Waals surface area contributed by atoms with Crippen molar-refractivity contribution in [3.63, 3.8) is 0 Å². The van der Waals surface area contributed by atoms with Gasteiger partial charge in [-0.2, -0.15) is 0 Å². The van der Waals surface area contributed by atoms with Gasteiger partial charge in [0.2, 0.25) is 0 Å². The van der Waals surface area contributed by atoms with E-state index in [1.165, 1.54) is 0 Å². The van der Waals surface area contributed by atoms with E-state index >= 15 is 0 Å². The van der Waals surface area contributed by atoms with Crippen LogP contribution in [-0.2, 0) is 6.54 Å². The maximum absolute atomic E-state index is 12.6. The molecule has 0 aliphatic heterocycles. The fourth-order valence-electron chi connectivity index (χ4n) is 2.22. The van der Waals surface area contributed by atoms with Crippen molar-refractivity contribution in [3.05, 3.63) is 65.7 Å². The number of amides is 1. The Hall–Kier alpha value is -2.33. The number of nitrogens with zero attached hydrogens (tertiary/aromatic N) is 1. The second-order valence-corrected chi connectivity index (χ2v) is 4.89. The molecule has 116 valence electrons. The number of aliphatic hydroxyl groups is 1. The third-order valence-corrected chi connectivity index (χ3v) is 3.29. The normalized spacial score (nSPS) is 10.3. The molecule has 0 heterocycles. The average Bonchev–Trinajstić information content (AvgIpc) is 2.56. The molecule has 2 aromatic carbocycles. The van der Waals surface area contributed by atoms with Crippen LogP contribution < -0.4 is 4.74 Å². The summed E-state index contributed by atoms with van der Waals surface area (Å²) in [5.41, 5.74) is 1.63. The molecule has 0 spiro atoms. The van der Waals surface area contributed by atoms with Gasteiger partial charge in [0.1, 0.15) is 5.75 Å². The number of rotatable bonds is 7. The molecule has 4 nitrogen and oxygen atoms in total. The van der Waals surface area contributed by atoms with Crippen LogP contribution in [0.5, 0.6) is 5.75 Å². The zero-order valence-corrected chi connectivity index (χ0v) is 12.7. The summed E-state index contributed by atoms with van der Waals surface area (Å²) in [5.74, 6) is 0.650. The summed E-state index contributed by atoms with van der Waals surface area (Å²) in [5, 5.41) is 9.21. The van der Waals surface area contributed by atoms with E-state index in [1.807, 2.05) is 37.3 Å². The first-order valence-corrected chi connectivity index (χ1v) is 7.41. The van der Waals surface area contributed by atoms with E-state index in [2.05, 4.69) is 0 Å². The molecule has 1 N–H and O–H groups in total. The van der Waals surface area contributed by atoms with Gasteiger partial charge in [-0.25, -0.2) is 0 Å². The van der Waals surface area contributed by atoms with Gasteiger partial charge < -0.3 is 14.7 Å².